The molecular weight excluding hydrogens is 500 g/mol. The Morgan fingerprint density at radius 2 is 1.80 bits per heavy atom. The van der Waals surface area contributed by atoms with Gasteiger partial charge in [-0.2, -0.15) is 0 Å². The molecular formula is C20H20F4N4O6S. The third-order valence-corrected chi connectivity index (χ3v) is 6.19. The molecule has 1 saturated heterocycles. The summed E-state index contributed by atoms with van der Waals surface area (Å²) in [6.45, 7) is 1.15. The molecule has 0 spiro atoms. The van der Waals surface area contributed by atoms with E-state index in [0.29, 0.717) is 22.7 Å². The highest BCUT2D eigenvalue weighted by molar-refractivity contribution is 7.74. The number of amides is 2. The molecule has 1 fully saturated rings. The fraction of sp³-hybridized carbons (Fsp3) is 0.350. The first-order valence-corrected chi connectivity index (χ1v) is 11.2. The number of halogens is 4. The summed E-state index contributed by atoms with van der Waals surface area (Å²) >= 11 is 0. The lowest BCUT2D eigenvalue weighted by molar-refractivity contribution is -0.110. The molecule has 1 aromatic carbocycles. The van der Waals surface area contributed by atoms with Crippen molar-refractivity contribution < 1.29 is 45.1 Å². The van der Waals surface area contributed by atoms with E-state index in [1.165, 1.54) is 7.05 Å². The van der Waals surface area contributed by atoms with Crippen LogP contribution in [0.25, 0.3) is 0 Å². The van der Waals surface area contributed by atoms with Crippen molar-refractivity contribution in [1.82, 2.24) is 9.47 Å². The van der Waals surface area contributed by atoms with E-state index in [-0.39, 0.29) is 19.7 Å². The number of hydrogen-bond donors (Lipinski definition) is 2. The number of anilines is 2. The molecule has 190 valence electrons. The zero-order valence-corrected chi connectivity index (χ0v) is 19.2. The summed E-state index contributed by atoms with van der Waals surface area (Å²) < 4.78 is 86.0. The lowest BCUT2D eigenvalue weighted by Crippen LogP contribution is -2.41. The zero-order chi connectivity index (χ0) is 26.0. The van der Waals surface area contributed by atoms with Gasteiger partial charge >= 0.3 is 6.09 Å². The molecule has 0 bridgehead atoms. The summed E-state index contributed by atoms with van der Waals surface area (Å²) in [6, 6.07) is -0.224. The Kier molecular flexibility index (Phi) is 7.67. The summed E-state index contributed by atoms with van der Waals surface area (Å²) in [7, 11) is -2.35. The minimum atomic E-state index is -3.55. The Balaban J connectivity index is 1.95. The van der Waals surface area contributed by atoms with Gasteiger partial charge < -0.3 is 24.3 Å². The lowest BCUT2D eigenvalue weighted by Gasteiger charge is -2.25. The molecule has 1 aliphatic heterocycles. The van der Waals surface area contributed by atoms with Gasteiger partial charge in [-0.15, -0.1) is 0 Å². The van der Waals surface area contributed by atoms with Crippen LogP contribution in [0.3, 0.4) is 0 Å². The summed E-state index contributed by atoms with van der Waals surface area (Å²) in [6.07, 6.45) is 0.619. The predicted molar refractivity (Wildman–Crippen MR) is 114 cm³/mol. The first kappa shape index (κ1) is 26.0. The molecule has 0 saturated carbocycles. The number of carbonyl (C=O) groups is 3. The molecule has 0 aliphatic carbocycles. The van der Waals surface area contributed by atoms with Gasteiger partial charge in [0.15, 0.2) is 23.3 Å². The molecule has 2 aromatic rings. The maximum atomic E-state index is 15.3. The largest absolute Gasteiger partial charge is 0.450 e. The van der Waals surface area contributed by atoms with Gasteiger partial charge in [0.2, 0.25) is 10.9 Å². The molecule has 2 unspecified atom stereocenters. The third-order valence-electron chi connectivity index (χ3n) is 5.33. The van der Waals surface area contributed by atoms with Crippen molar-refractivity contribution in [3.63, 3.8) is 0 Å². The first-order valence-electron chi connectivity index (χ1n) is 10.1. The van der Waals surface area contributed by atoms with E-state index in [0.717, 1.165) is 15.7 Å². The second-order valence-electron chi connectivity index (χ2n) is 7.55. The smallest absolute Gasteiger partial charge is 0.409 e. The van der Waals surface area contributed by atoms with Gasteiger partial charge in [0.05, 0.1) is 18.6 Å². The van der Waals surface area contributed by atoms with Crippen molar-refractivity contribution in [3.8, 4) is 0 Å². The molecule has 1 aliphatic rings. The van der Waals surface area contributed by atoms with Crippen LogP contribution < -0.4 is 9.62 Å². The van der Waals surface area contributed by atoms with Crippen LogP contribution >= 0.6 is 0 Å². The van der Waals surface area contributed by atoms with Crippen LogP contribution in [0.15, 0.2) is 18.3 Å². The van der Waals surface area contributed by atoms with Crippen molar-refractivity contribution in [3.05, 3.63) is 47.3 Å². The molecule has 1 aromatic heterocycles. The van der Waals surface area contributed by atoms with Gasteiger partial charge in [-0.3, -0.25) is 9.10 Å². The Morgan fingerprint density at radius 1 is 1.17 bits per heavy atom. The number of carbonyl (C=O) groups excluding carboxylic acids is 3. The Bertz CT molecular complexity index is 1220. The number of nitrogens with one attached hydrogen (secondary N) is 1. The Morgan fingerprint density at radius 3 is 2.34 bits per heavy atom. The molecule has 0 radical (unpaired) electrons. The molecule has 1 N–H and O–H groups in total. The maximum Gasteiger partial charge on any atom is 0.409 e. The van der Waals surface area contributed by atoms with Gasteiger partial charge in [0, 0.05) is 44.2 Å². The molecule has 15 heteroatoms. The highest BCUT2D eigenvalue weighted by Crippen LogP contribution is 2.32. The highest BCUT2D eigenvalue weighted by atomic mass is 32.2. The van der Waals surface area contributed by atoms with Gasteiger partial charge in [-0.1, -0.05) is 0 Å². The Labute approximate surface area is 198 Å². The number of ether oxygens (including phenoxy) is 1. The van der Waals surface area contributed by atoms with Gasteiger partial charge in [0.25, 0.3) is 5.91 Å². The van der Waals surface area contributed by atoms with Crippen LogP contribution in [0.4, 0.5) is 33.7 Å². The van der Waals surface area contributed by atoms with E-state index in [9.17, 15) is 36.0 Å². The molecule has 10 nitrogen and oxygen atoms in total. The molecule has 2 atom stereocenters. The zero-order valence-electron chi connectivity index (χ0n) is 18.3. The van der Waals surface area contributed by atoms with E-state index in [4.69, 9.17) is 4.74 Å². The van der Waals surface area contributed by atoms with Gasteiger partial charge in [0.1, 0.15) is 17.7 Å². The van der Waals surface area contributed by atoms with E-state index < -0.39 is 75.2 Å². The summed E-state index contributed by atoms with van der Waals surface area (Å²) in [5.41, 5.74) is -1.81. The fourth-order valence-electron chi connectivity index (χ4n) is 3.77. The lowest BCUT2D eigenvalue weighted by atomic mass is 10.1. The second-order valence-corrected chi connectivity index (χ2v) is 8.46. The van der Waals surface area contributed by atoms with Crippen molar-refractivity contribution in [2.45, 2.75) is 13.0 Å². The van der Waals surface area contributed by atoms with E-state index in [2.05, 4.69) is 0 Å². The summed E-state index contributed by atoms with van der Waals surface area (Å²) in [4.78, 5) is 37.4. The molecule has 35 heavy (non-hydrogen) atoms. The highest BCUT2D eigenvalue weighted by Gasteiger charge is 2.42. The number of nitrogens with zero attached hydrogens (tertiary/aromatic N) is 3. The van der Waals surface area contributed by atoms with Crippen molar-refractivity contribution in [2.75, 3.05) is 29.3 Å². The third kappa shape index (κ3) is 5.08. The van der Waals surface area contributed by atoms with Crippen LogP contribution in [-0.4, -0.2) is 61.9 Å². The minimum absolute atomic E-state index is 0.0406. The monoisotopic (exact) mass is 520 g/mol. The first-order chi connectivity index (χ1) is 16.5. The number of aldehydes is 1. The average Bonchev–Trinajstić information content (AvgIpc) is 3.33. The van der Waals surface area contributed by atoms with Crippen LogP contribution in [0, 0.1) is 29.2 Å². The van der Waals surface area contributed by atoms with Crippen molar-refractivity contribution in [1.29, 1.82) is 0 Å². The Hall–Kier alpha value is -3.62. The second kappa shape index (κ2) is 10.3. The molecule has 2 heterocycles. The molecule has 3 rings (SSSR count). The number of rotatable bonds is 7. The summed E-state index contributed by atoms with van der Waals surface area (Å²) in [5.74, 6) is -8.48. The van der Waals surface area contributed by atoms with E-state index >= 15 is 4.39 Å². The number of likely N-dealkylation sites (tertiary alicyclic amines) is 1. The number of thiol groups is 1. The molecule has 2 amide bonds. The SMILES string of the molecule is CCOC(=O)N1CC(C=O)C(N(c2cn(C)c(C(=O)Nc3cc(F)c(F)c(F)c3)c2F)[SH](=O)=O)C1. The fourth-order valence-corrected chi connectivity index (χ4v) is 4.58. The minimum Gasteiger partial charge on any atom is -0.450 e. The van der Waals surface area contributed by atoms with Crippen LogP contribution in [-0.2, 0) is 27.5 Å². The van der Waals surface area contributed by atoms with E-state index in [1.807, 2.05) is 5.32 Å². The normalized spacial score (nSPS) is 17.5. The van der Waals surface area contributed by atoms with E-state index in [1.54, 1.807) is 6.92 Å². The van der Waals surface area contributed by atoms with Crippen LogP contribution in [0.5, 0.6) is 0 Å². The number of benzene rings is 1. The number of aryl methyl sites for hydroxylation is 1. The topological polar surface area (TPSA) is 118 Å². The average molecular weight is 520 g/mol. The van der Waals surface area contributed by atoms with Crippen molar-refractivity contribution in [2.24, 2.45) is 13.0 Å². The maximum absolute atomic E-state index is 15.3. The quantitative estimate of drug-likeness (QED) is 0.249. The van der Waals surface area contributed by atoms with Gasteiger partial charge in [-0.25, -0.2) is 30.8 Å². The number of aromatic nitrogens is 1. The van der Waals surface area contributed by atoms with Gasteiger partial charge in [-0.05, 0) is 6.92 Å². The van der Waals surface area contributed by atoms with Crippen molar-refractivity contribution >= 4 is 40.6 Å². The van der Waals surface area contributed by atoms with Crippen LogP contribution in [0.1, 0.15) is 17.4 Å². The standard InChI is InChI=1S/C20H20F4N4O6S/c1-3-34-20(31)27-6-10(9-29)14(8-27)28(35(32)33)15-7-26(2)18(17(15)24)19(30)25-11-4-12(21)16(23)13(22)5-11/h4-5,7,9-10,14,35H,3,6,8H2,1-2H3,(H,25,30). The predicted octanol–water partition coefficient (Wildman–Crippen LogP) is 1.82. The summed E-state index contributed by atoms with van der Waals surface area (Å²) in [5, 5.41) is 2.01. The van der Waals surface area contributed by atoms with Crippen LogP contribution in [0.2, 0.25) is 0 Å². The number of hydrogen-bond acceptors (Lipinski definition) is 6.